The lowest BCUT2D eigenvalue weighted by molar-refractivity contribution is 0.584. The fraction of sp³-hybridized carbons (Fsp3) is 0.200. The van der Waals surface area contributed by atoms with Gasteiger partial charge in [0.2, 0.25) is 0 Å². The number of rotatable bonds is 4. The summed E-state index contributed by atoms with van der Waals surface area (Å²) >= 11 is 0. The molecule has 0 aliphatic heterocycles. The van der Waals surface area contributed by atoms with Gasteiger partial charge >= 0.3 is 0 Å². The Hall–Kier alpha value is -5.40. The van der Waals surface area contributed by atoms with E-state index in [9.17, 15) is 0 Å². The number of anilines is 3. The molecule has 250 valence electrons. The van der Waals surface area contributed by atoms with Crippen molar-refractivity contribution in [2.45, 2.75) is 64.7 Å². The van der Waals surface area contributed by atoms with Crippen molar-refractivity contribution in [1.29, 1.82) is 0 Å². The molecule has 0 radical (unpaired) electrons. The van der Waals surface area contributed by atoms with Crippen molar-refractivity contribution in [2.75, 3.05) is 4.90 Å². The smallest absolute Gasteiger partial charge is 0.0540 e. The minimum Gasteiger partial charge on any atom is -0.309 e. The normalized spacial score (nSPS) is 14.9. The average Bonchev–Trinajstić information content (AvgIpc) is 3.51. The zero-order chi connectivity index (χ0) is 35.3. The summed E-state index contributed by atoms with van der Waals surface area (Å²) in [6.45, 7) is 16.5. The van der Waals surface area contributed by atoms with E-state index < -0.39 is 0 Å². The van der Waals surface area contributed by atoms with Crippen LogP contribution in [0.3, 0.4) is 0 Å². The molecule has 9 rings (SSSR count). The van der Waals surface area contributed by atoms with Gasteiger partial charge in [0.15, 0.2) is 0 Å². The molecule has 0 heterocycles. The van der Waals surface area contributed by atoms with Gasteiger partial charge in [0.05, 0.1) is 17.1 Å². The standard InChI is InChI=1S/C50H45N/c1-48(2,3)33-29-30-39-42(31-33)49(4,5)41-25-15-22-37(46(39)41)36-21-11-13-26-44(36)51(43-27-14-18-32-17-8-9-19-34(32)43)45-28-16-23-38-35-20-10-12-24-40(35)50(6,7)47(38)45/h8-31H,1-7H3. The summed E-state index contributed by atoms with van der Waals surface area (Å²) < 4.78 is 0. The number of hydrogen-bond donors (Lipinski definition) is 0. The monoisotopic (exact) mass is 659 g/mol. The summed E-state index contributed by atoms with van der Waals surface area (Å²) in [5, 5.41) is 2.47. The van der Waals surface area contributed by atoms with Gasteiger partial charge in [0.25, 0.3) is 0 Å². The molecule has 1 nitrogen and oxygen atoms in total. The molecule has 0 spiro atoms. The van der Waals surface area contributed by atoms with Crippen LogP contribution in [0, 0.1) is 0 Å². The maximum atomic E-state index is 2.56. The van der Waals surface area contributed by atoms with Crippen LogP contribution in [0.4, 0.5) is 17.1 Å². The Morgan fingerprint density at radius 2 is 1.02 bits per heavy atom. The first kappa shape index (κ1) is 31.6. The van der Waals surface area contributed by atoms with Gasteiger partial charge in [-0.05, 0) is 84.6 Å². The van der Waals surface area contributed by atoms with Crippen molar-refractivity contribution >= 4 is 27.8 Å². The lowest BCUT2D eigenvalue weighted by Gasteiger charge is -2.34. The van der Waals surface area contributed by atoms with Crippen LogP contribution in [0.15, 0.2) is 146 Å². The first-order valence-electron chi connectivity index (χ1n) is 18.4. The highest BCUT2D eigenvalue weighted by Crippen LogP contribution is 2.57. The van der Waals surface area contributed by atoms with Gasteiger partial charge in [-0.3, -0.25) is 0 Å². The summed E-state index contributed by atoms with van der Waals surface area (Å²) in [7, 11) is 0. The van der Waals surface area contributed by atoms with E-state index >= 15 is 0 Å². The summed E-state index contributed by atoms with van der Waals surface area (Å²) in [4.78, 5) is 2.56. The molecule has 0 amide bonds. The number of fused-ring (bicyclic) bond motifs is 7. The predicted molar refractivity (Wildman–Crippen MR) is 218 cm³/mol. The Morgan fingerprint density at radius 1 is 0.431 bits per heavy atom. The predicted octanol–water partition coefficient (Wildman–Crippen LogP) is 13.9. The van der Waals surface area contributed by atoms with Crippen molar-refractivity contribution in [2.24, 2.45) is 0 Å². The molecule has 0 N–H and O–H groups in total. The maximum Gasteiger partial charge on any atom is 0.0540 e. The van der Waals surface area contributed by atoms with Crippen LogP contribution in [-0.4, -0.2) is 0 Å². The molecular weight excluding hydrogens is 615 g/mol. The minimum atomic E-state index is -0.179. The fourth-order valence-electron chi connectivity index (χ4n) is 9.17. The first-order valence-corrected chi connectivity index (χ1v) is 18.4. The van der Waals surface area contributed by atoms with E-state index in [0.29, 0.717) is 0 Å². The highest BCUT2D eigenvalue weighted by atomic mass is 15.2. The first-order chi connectivity index (χ1) is 24.5. The summed E-state index contributed by atoms with van der Waals surface area (Å²) in [5.41, 5.74) is 18.2. The Bertz CT molecular complexity index is 2520. The van der Waals surface area contributed by atoms with Crippen LogP contribution >= 0.6 is 0 Å². The lowest BCUT2D eigenvalue weighted by Crippen LogP contribution is -2.21. The highest BCUT2D eigenvalue weighted by Gasteiger charge is 2.40. The van der Waals surface area contributed by atoms with Gasteiger partial charge in [-0.15, -0.1) is 0 Å². The van der Waals surface area contributed by atoms with Crippen molar-refractivity contribution in [3.8, 4) is 33.4 Å². The Balaban J connectivity index is 1.34. The molecule has 7 aromatic rings. The summed E-state index contributed by atoms with van der Waals surface area (Å²) in [6.07, 6.45) is 0. The second-order valence-corrected chi connectivity index (χ2v) is 16.6. The zero-order valence-corrected chi connectivity index (χ0v) is 30.8. The van der Waals surface area contributed by atoms with E-state index in [4.69, 9.17) is 0 Å². The van der Waals surface area contributed by atoms with E-state index in [0.717, 1.165) is 0 Å². The number of benzene rings is 7. The number of nitrogens with zero attached hydrogens (tertiary/aromatic N) is 1. The van der Waals surface area contributed by atoms with Crippen molar-refractivity contribution in [3.63, 3.8) is 0 Å². The molecule has 0 saturated carbocycles. The third-order valence-corrected chi connectivity index (χ3v) is 11.8. The molecule has 0 aromatic heterocycles. The third-order valence-electron chi connectivity index (χ3n) is 11.8. The molecule has 0 fully saturated rings. The third kappa shape index (κ3) is 4.60. The molecule has 0 unspecified atom stereocenters. The van der Waals surface area contributed by atoms with Gasteiger partial charge in [-0.1, -0.05) is 176 Å². The largest absolute Gasteiger partial charge is 0.309 e. The quantitative estimate of drug-likeness (QED) is 0.182. The maximum absolute atomic E-state index is 2.56. The summed E-state index contributed by atoms with van der Waals surface area (Å²) in [6, 6.07) is 54.7. The van der Waals surface area contributed by atoms with Crippen LogP contribution in [0.2, 0.25) is 0 Å². The molecule has 2 aliphatic rings. The van der Waals surface area contributed by atoms with Crippen LogP contribution in [-0.2, 0) is 16.2 Å². The van der Waals surface area contributed by atoms with E-state index in [1.807, 2.05) is 0 Å². The SMILES string of the molecule is CC(C)(C)c1ccc2c(c1)C(C)(C)c1cccc(-c3ccccc3N(c3cccc4c3C(C)(C)c3ccccc3-4)c3cccc4ccccc34)c1-2. The fourth-order valence-corrected chi connectivity index (χ4v) is 9.17. The van der Waals surface area contributed by atoms with Crippen molar-refractivity contribution < 1.29 is 0 Å². The van der Waals surface area contributed by atoms with Gasteiger partial charge in [-0.25, -0.2) is 0 Å². The van der Waals surface area contributed by atoms with Crippen molar-refractivity contribution in [1.82, 2.24) is 0 Å². The van der Waals surface area contributed by atoms with Crippen molar-refractivity contribution in [3.05, 3.63) is 173 Å². The van der Waals surface area contributed by atoms with Crippen LogP contribution in [0.5, 0.6) is 0 Å². The second kappa shape index (κ2) is 11.0. The van der Waals surface area contributed by atoms with E-state index in [-0.39, 0.29) is 16.2 Å². The van der Waals surface area contributed by atoms with Crippen LogP contribution in [0.25, 0.3) is 44.2 Å². The molecule has 0 saturated heterocycles. The van der Waals surface area contributed by atoms with Crippen LogP contribution < -0.4 is 4.90 Å². The van der Waals surface area contributed by atoms with Gasteiger partial charge in [-0.2, -0.15) is 0 Å². The van der Waals surface area contributed by atoms with Gasteiger partial charge < -0.3 is 4.90 Å². The summed E-state index contributed by atoms with van der Waals surface area (Å²) in [5.74, 6) is 0. The minimum absolute atomic E-state index is 0.0810. The number of para-hydroxylation sites is 1. The highest BCUT2D eigenvalue weighted by molar-refractivity contribution is 6.04. The molecule has 0 bridgehead atoms. The van der Waals surface area contributed by atoms with E-state index in [1.165, 1.54) is 89.0 Å². The number of hydrogen-bond acceptors (Lipinski definition) is 1. The Kier molecular flexibility index (Phi) is 6.84. The Labute approximate surface area is 303 Å². The Morgan fingerprint density at radius 3 is 1.84 bits per heavy atom. The van der Waals surface area contributed by atoms with E-state index in [2.05, 4.69) is 199 Å². The second-order valence-electron chi connectivity index (χ2n) is 16.6. The molecule has 51 heavy (non-hydrogen) atoms. The van der Waals surface area contributed by atoms with Gasteiger partial charge in [0.1, 0.15) is 0 Å². The topological polar surface area (TPSA) is 3.24 Å². The zero-order valence-electron chi connectivity index (χ0n) is 30.8. The lowest BCUT2D eigenvalue weighted by atomic mass is 9.79. The molecular formula is C50H45N. The van der Waals surface area contributed by atoms with Crippen LogP contribution in [0.1, 0.15) is 76.3 Å². The molecule has 2 aliphatic carbocycles. The molecule has 7 aromatic carbocycles. The molecule has 1 heteroatoms. The van der Waals surface area contributed by atoms with Gasteiger partial charge in [0, 0.05) is 21.8 Å². The average molecular weight is 660 g/mol. The van der Waals surface area contributed by atoms with E-state index in [1.54, 1.807) is 0 Å². The molecule has 0 atom stereocenters.